The van der Waals surface area contributed by atoms with E-state index < -0.39 is 0 Å². The van der Waals surface area contributed by atoms with Crippen LogP contribution in [0, 0.1) is 11.3 Å². The maximum Gasteiger partial charge on any atom is 0.101 e. The molecule has 1 saturated heterocycles. The van der Waals surface area contributed by atoms with Gasteiger partial charge in [-0.25, -0.2) is 0 Å². The second-order valence-corrected chi connectivity index (χ2v) is 6.61. The van der Waals surface area contributed by atoms with Gasteiger partial charge in [0.2, 0.25) is 0 Å². The summed E-state index contributed by atoms with van der Waals surface area (Å²) in [5.74, 6) is 0. The number of nitriles is 1. The van der Waals surface area contributed by atoms with Crippen LogP contribution < -0.4 is 10.2 Å². The summed E-state index contributed by atoms with van der Waals surface area (Å²) < 4.78 is 1.80. The number of piperidine rings is 1. The molecule has 0 aliphatic carbocycles. The highest BCUT2D eigenvalue weighted by molar-refractivity contribution is 5.66. The highest BCUT2D eigenvalue weighted by Gasteiger charge is 2.20. The number of aliphatic hydroxyl groups excluding tert-OH is 1. The monoisotopic (exact) mass is 339 g/mol. The van der Waals surface area contributed by atoms with Crippen molar-refractivity contribution in [3.63, 3.8) is 0 Å². The molecular weight excluding hydrogens is 314 g/mol. The number of aliphatic hydroxyl groups is 1. The van der Waals surface area contributed by atoms with Crippen LogP contribution in [0.25, 0.3) is 0 Å². The Kier molecular flexibility index (Phi) is 5.25. The molecule has 132 valence electrons. The third kappa shape index (κ3) is 3.94. The van der Waals surface area contributed by atoms with E-state index in [4.69, 9.17) is 0 Å². The van der Waals surface area contributed by atoms with Gasteiger partial charge in [-0.3, -0.25) is 4.68 Å². The fourth-order valence-corrected chi connectivity index (χ4v) is 3.34. The molecule has 0 amide bonds. The molecule has 3 rings (SSSR count). The fourth-order valence-electron chi connectivity index (χ4n) is 3.34. The van der Waals surface area contributed by atoms with E-state index in [1.165, 1.54) is 0 Å². The predicted octanol–water partition coefficient (Wildman–Crippen LogP) is 2.82. The van der Waals surface area contributed by atoms with E-state index in [2.05, 4.69) is 28.3 Å². The Hall–Kier alpha value is -2.52. The van der Waals surface area contributed by atoms with Crippen LogP contribution in [0.5, 0.6) is 0 Å². The lowest BCUT2D eigenvalue weighted by Crippen LogP contribution is -2.36. The maximum atomic E-state index is 9.67. The van der Waals surface area contributed by atoms with Crippen LogP contribution in [0.3, 0.4) is 0 Å². The summed E-state index contributed by atoms with van der Waals surface area (Å²) in [6.07, 6.45) is 6.11. The van der Waals surface area contributed by atoms with Gasteiger partial charge in [0.05, 0.1) is 29.6 Å². The predicted molar refractivity (Wildman–Crippen MR) is 98.5 cm³/mol. The first kappa shape index (κ1) is 17.3. The second kappa shape index (κ2) is 7.58. The van der Waals surface area contributed by atoms with Crippen molar-refractivity contribution in [2.45, 2.75) is 38.3 Å². The average molecular weight is 339 g/mol. The first-order valence-electron chi connectivity index (χ1n) is 8.83. The van der Waals surface area contributed by atoms with Crippen LogP contribution in [0.4, 0.5) is 11.4 Å². The van der Waals surface area contributed by atoms with Gasteiger partial charge in [-0.05, 0) is 37.5 Å². The lowest BCUT2D eigenvalue weighted by molar-refractivity contribution is 0.145. The van der Waals surface area contributed by atoms with Gasteiger partial charge in [-0.2, -0.15) is 10.4 Å². The summed E-state index contributed by atoms with van der Waals surface area (Å²) in [7, 11) is 1.91. The molecule has 2 heterocycles. The standard InChI is InChI=1S/C19H25N5O/c1-3-18(15-12-21-23(2)13-15)22-16-4-5-19(14(10-16)11-20)24-8-6-17(25)7-9-24/h4-5,10,12-13,17-18,22,25H,3,6-9H2,1-2H3. The Bertz CT molecular complexity index is 755. The van der Waals surface area contributed by atoms with Crippen molar-refractivity contribution in [1.29, 1.82) is 5.26 Å². The minimum absolute atomic E-state index is 0.163. The van der Waals surface area contributed by atoms with Crippen molar-refractivity contribution in [2.75, 3.05) is 23.3 Å². The molecule has 1 aromatic carbocycles. The zero-order chi connectivity index (χ0) is 17.8. The van der Waals surface area contributed by atoms with Gasteiger partial charge in [-0.15, -0.1) is 0 Å². The zero-order valence-electron chi connectivity index (χ0n) is 14.8. The molecule has 1 aliphatic heterocycles. The summed E-state index contributed by atoms with van der Waals surface area (Å²) >= 11 is 0. The lowest BCUT2D eigenvalue weighted by atomic mass is 10.0. The maximum absolute atomic E-state index is 9.67. The van der Waals surface area contributed by atoms with Crippen molar-refractivity contribution < 1.29 is 5.11 Å². The quantitative estimate of drug-likeness (QED) is 0.876. The van der Waals surface area contributed by atoms with Crippen LogP contribution in [0.1, 0.15) is 43.4 Å². The van der Waals surface area contributed by atoms with Gasteiger partial charge in [-0.1, -0.05) is 6.92 Å². The molecule has 6 nitrogen and oxygen atoms in total. The Balaban J connectivity index is 1.78. The van der Waals surface area contributed by atoms with Crippen molar-refractivity contribution in [3.05, 3.63) is 41.7 Å². The lowest BCUT2D eigenvalue weighted by Gasteiger charge is -2.32. The summed E-state index contributed by atoms with van der Waals surface area (Å²) in [5, 5.41) is 27.0. The molecule has 6 heteroatoms. The van der Waals surface area contributed by atoms with Gasteiger partial charge in [0.25, 0.3) is 0 Å². The molecule has 25 heavy (non-hydrogen) atoms. The first-order chi connectivity index (χ1) is 12.1. The van der Waals surface area contributed by atoms with E-state index in [-0.39, 0.29) is 12.1 Å². The van der Waals surface area contributed by atoms with E-state index in [0.717, 1.165) is 49.3 Å². The smallest absolute Gasteiger partial charge is 0.101 e. The number of benzene rings is 1. The Morgan fingerprint density at radius 2 is 2.16 bits per heavy atom. The molecule has 1 unspecified atom stereocenters. The van der Waals surface area contributed by atoms with Gasteiger partial charge < -0.3 is 15.3 Å². The van der Waals surface area contributed by atoms with Crippen LogP contribution >= 0.6 is 0 Å². The summed E-state index contributed by atoms with van der Waals surface area (Å²) in [4.78, 5) is 2.19. The number of hydrogen-bond acceptors (Lipinski definition) is 5. The fraction of sp³-hybridized carbons (Fsp3) is 0.474. The molecule has 1 aromatic heterocycles. The molecule has 1 atom stereocenters. The molecule has 0 bridgehead atoms. The van der Waals surface area contributed by atoms with Crippen LogP contribution in [0.2, 0.25) is 0 Å². The van der Waals surface area contributed by atoms with E-state index >= 15 is 0 Å². The molecule has 2 aromatic rings. The molecule has 1 fully saturated rings. The van der Waals surface area contributed by atoms with Crippen LogP contribution in [0.15, 0.2) is 30.6 Å². The number of aromatic nitrogens is 2. The number of rotatable bonds is 5. The Labute approximate surface area is 148 Å². The minimum Gasteiger partial charge on any atom is -0.393 e. The Morgan fingerprint density at radius 1 is 1.40 bits per heavy atom. The molecule has 2 N–H and O–H groups in total. The first-order valence-corrected chi connectivity index (χ1v) is 8.83. The summed E-state index contributed by atoms with van der Waals surface area (Å²) in [5.41, 5.74) is 3.70. The van der Waals surface area contributed by atoms with Gasteiger partial charge in [0, 0.05) is 37.6 Å². The van der Waals surface area contributed by atoms with Gasteiger partial charge in [0.1, 0.15) is 6.07 Å². The van der Waals surface area contributed by atoms with E-state index in [9.17, 15) is 10.4 Å². The van der Waals surface area contributed by atoms with E-state index in [1.807, 2.05) is 37.6 Å². The topological polar surface area (TPSA) is 77.1 Å². The normalized spacial score (nSPS) is 16.5. The Morgan fingerprint density at radius 3 is 2.76 bits per heavy atom. The number of nitrogens with one attached hydrogen (secondary N) is 1. The summed E-state index contributed by atoms with van der Waals surface area (Å²) in [6.45, 7) is 3.70. The zero-order valence-corrected chi connectivity index (χ0v) is 14.8. The third-order valence-corrected chi connectivity index (χ3v) is 4.80. The van der Waals surface area contributed by atoms with E-state index in [1.54, 1.807) is 4.68 Å². The molecular formula is C19H25N5O. The van der Waals surface area contributed by atoms with Gasteiger partial charge >= 0.3 is 0 Å². The van der Waals surface area contributed by atoms with E-state index in [0.29, 0.717) is 5.56 Å². The summed E-state index contributed by atoms with van der Waals surface area (Å²) in [6, 6.07) is 8.43. The largest absolute Gasteiger partial charge is 0.393 e. The van der Waals surface area contributed by atoms with Crippen molar-refractivity contribution in [3.8, 4) is 6.07 Å². The third-order valence-electron chi connectivity index (χ3n) is 4.80. The van der Waals surface area contributed by atoms with Crippen molar-refractivity contribution in [2.24, 2.45) is 7.05 Å². The van der Waals surface area contributed by atoms with Crippen LogP contribution in [-0.2, 0) is 7.05 Å². The number of nitrogens with zero attached hydrogens (tertiary/aromatic N) is 4. The molecule has 0 radical (unpaired) electrons. The molecule has 0 saturated carbocycles. The molecule has 0 spiro atoms. The van der Waals surface area contributed by atoms with Crippen molar-refractivity contribution in [1.82, 2.24) is 9.78 Å². The van der Waals surface area contributed by atoms with Crippen LogP contribution in [-0.4, -0.2) is 34.1 Å². The second-order valence-electron chi connectivity index (χ2n) is 6.61. The van der Waals surface area contributed by atoms with Gasteiger partial charge in [0.15, 0.2) is 0 Å². The highest BCUT2D eigenvalue weighted by atomic mass is 16.3. The SMILES string of the molecule is CCC(Nc1ccc(N2CCC(O)CC2)c(C#N)c1)c1cnn(C)c1. The average Bonchev–Trinajstić information content (AvgIpc) is 3.06. The highest BCUT2D eigenvalue weighted by Crippen LogP contribution is 2.29. The number of aryl methyl sites for hydroxylation is 1. The number of hydrogen-bond donors (Lipinski definition) is 2. The molecule has 1 aliphatic rings. The number of anilines is 2. The minimum atomic E-state index is -0.215. The van der Waals surface area contributed by atoms with Crippen molar-refractivity contribution >= 4 is 11.4 Å².